The Balaban J connectivity index is 2.01. The predicted molar refractivity (Wildman–Crippen MR) is 74.0 cm³/mol. The molecule has 1 saturated heterocycles. The Morgan fingerprint density at radius 1 is 1.45 bits per heavy atom. The molecule has 0 aromatic heterocycles. The van der Waals surface area contributed by atoms with Crippen molar-refractivity contribution in [1.82, 2.24) is 4.90 Å². The van der Waals surface area contributed by atoms with Gasteiger partial charge in [-0.3, -0.25) is 14.9 Å². The zero-order chi connectivity index (χ0) is 14.5. The minimum absolute atomic E-state index is 0.0168. The Morgan fingerprint density at radius 3 is 2.75 bits per heavy atom. The Hall–Kier alpha value is -2.21. The molecule has 0 saturated carbocycles. The molecule has 1 atom stereocenters. The number of non-ortho nitro benzene ring substituents is 1. The number of nitro groups is 1. The number of likely N-dealkylation sites (tertiary alicyclic amines) is 1. The van der Waals surface area contributed by atoms with Gasteiger partial charge < -0.3 is 10.0 Å². The Kier molecular flexibility index (Phi) is 4.47. The van der Waals surface area contributed by atoms with Crippen LogP contribution in [0, 0.1) is 10.1 Å². The molecule has 0 bridgehead atoms. The van der Waals surface area contributed by atoms with Crippen LogP contribution in [-0.2, 0) is 4.79 Å². The van der Waals surface area contributed by atoms with Gasteiger partial charge in [-0.25, -0.2) is 0 Å². The number of aliphatic hydroxyl groups excluding tert-OH is 1. The molecule has 20 heavy (non-hydrogen) atoms. The zero-order valence-corrected chi connectivity index (χ0v) is 10.9. The highest BCUT2D eigenvalue weighted by atomic mass is 16.6. The van der Waals surface area contributed by atoms with Crippen LogP contribution >= 0.6 is 0 Å². The highest BCUT2D eigenvalue weighted by molar-refractivity contribution is 5.92. The van der Waals surface area contributed by atoms with Gasteiger partial charge in [0, 0.05) is 24.8 Å². The lowest BCUT2D eigenvalue weighted by Gasteiger charge is -2.21. The second-order valence-corrected chi connectivity index (χ2v) is 4.69. The first-order valence-corrected chi connectivity index (χ1v) is 6.46. The first-order chi connectivity index (χ1) is 9.61. The van der Waals surface area contributed by atoms with Crippen molar-refractivity contribution in [3.8, 4) is 0 Å². The van der Waals surface area contributed by atoms with Crippen molar-refractivity contribution in [3.05, 3.63) is 46.0 Å². The van der Waals surface area contributed by atoms with Crippen molar-refractivity contribution in [2.75, 3.05) is 13.2 Å². The highest BCUT2D eigenvalue weighted by Crippen LogP contribution is 2.18. The number of hydrogen-bond acceptors (Lipinski definition) is 4. The molecule has 2 rings (SSSR count). The maximum Gasteiger partial charge on any atom is 0.269 e. The lowest BCUT2D eigenvalue weighted by atomic mass is 10.2. The zero-order valence-electron chi connectivity index (χ0n) is 10.9. The molecule has 1 aliphatic rings. The quantitative estimate of drug-likeness (QED) is 0.514. The summed E-state index contributed by atoms with van der Waals surface area (Å²) in [6, 6.07) is 5.89. The van der Waals surface area contributed by atoms with Crippen LogP contribution in [0.3, 0.4) is 0 Å². The van der Waals surface area contributed by atoms with Gasteiger partial charge in [0.05, 0.1) is 17.6 Å². The van der Waals surface area contributed by atoms with Crippen molar-refractivity contribution >= 4 is 17.7 Å². The molecule has 1 heterocycles. The van der Waals surface area contributed by atoms with E-state index in [0.717, 1.165) is 18.4 Å². The number of nitro benzene ring substituents is 1. The topological polar surface area (TPSA) is 83.7 Å². The van der Waals surface area contributed by atoms with Crippen molar-refractivity contribution in [3.63, 3.8) is 0 Å². The van der Waals surface area contributed by atoms with E-state index < -0.39 is 4.92 Å². The monoisotopic (exact) mass is 276 g/mol. The molecular formula is C14H16N2O4. The first kappa shape index (κ1) is 14.2. The van der Waals surface area contributed by atoms with E-state index in [1.807, 2.05) is 0 Å². The summed E-state index contributed by atoms with van der Waals surface area (Å²) < 4.78 is 0. The van der Waals surface area contributed by atoms with Crippen LogP contribution in [0.4, 0.5) is 5.69 Å². The molecule has 1 amide bonds. The van der Waals surface area contributed by atoms with Crippen LogP contribution in [0.25, 0.3) is 6.08 Å². The van der Waals surface area contributed by atoms with Gasteiger partial charge in [-0.2, -0.15) is 0 Å². The van der Waals surface area contributed by atoms with Crippen LogP contribution in [0.2, 0.25) is 0 Å². The highest BCUT2D eigenvalue weighted by Gasteiger charge is 2.26. The summed E-state index contributed by atoms with van der Waals surface area (Å²) in [4.78, 5) is 23.7. The van der Waals surface area contributed by atoms with Gasteiger partial charge >= 0.3 is 0 Å². The number of hydrogen-bond donors (Lipinski definition) is 1. The third-order valence-corrected chi connectivity index (χ3v) is 3.39. The van der Waals surface area contributed by atoms with Gasteiger partial charge in [0.15, 0.2) is 0 Å². The van der Waals surface area contributed by atoms with E-state index in [0.29, 0.717) is 6.54 Å². The molecule has 1 N–H and O–H groups in total. The molecule has 6 nitrogen and oxygen atoms in total. The number of nitrogens with zero attached hydrogens (tertiary/aromatic N) is 2. The average molecular weight is 276 g/mol. The third-order valence-electron chi connectivity index (χ3n) is 3.39. The van der Waals surface area contributed by atoms with E-state index in [9.17, 15) is 20.0 Å². The average Bonchev–Trinajstić information content (AvgIpc) is 2.93. The van der Waals surface area contributed by atoms with Gasteiger partial charge in [-0.05, 0) is 36.6 Å². The third kappa shape index (κ3) is 3.21. The fourth-order valence-corrected chi connectivity index (χ4v) is 2.29. The SMILES string of the molecule is O=C(C=Cc1ccc([N+](=O)[O-])cc1)N1CCC[C@H]1CO. The number of benzene rings is 1. The molecule has 0 spiro atoms. The van der Waals surface area contributed by atoms with Crippen LogP contribution in [0.1, 0.15) is 18.4 Å². The van der Waals surface area contributed by atoms with E-state index in [-0.39, 0.29) is 24.2 Å². The predicted octanol–water partition coefficient (Wildman–Crippen LogP) is 1.59. The second kappa shape index (κ2) is 6.29. The lowest BCUT2D eigenvalue weighted by Crippen LogP contribution is -2.36. The van der Waals surface area contributed by atoms with Crippen LogP contribution in [0.5, 0.6) is 0 Å². The van der Waals surface area contributed by atoms with E-state index in [1.165, 1.54) is 18.2 Å². The molecule has 0 aliphatic carbocycles. The molecule has 1 aliphatic heterocycles. The molecule has 6 heteroatoms. The molecule has 0 radical (unpaired) electrons. The Morgan fingerprint density at radius 2 is 2.15 bits per heavy atom. The van der Waals surface area contributed by atoms with Gasteiger partial charge in [-0.15, -0.1) is 0 Å². The Bertz CT molecular complexity index is 524. The summed E-state index contributed by atoms with van der Waals surface area (Å²) in [6.45, 7) is 0.645. The standard InChI is InChI=1S/C14H16N2O4/c17-10-13-2-1-9-15(13)14(18)8-5-11-3-6-12(7-4-11)16(19)20/h3-8,13,17H,1-2,9-10H2/t13-/m0/s1. The maximum absolute atomic E-state index is 12.0. The molecule has 1 fully saturated rings. The molecule has 1 aromatic rings. The summed E-state index contributed by atoms with van der Waals surface area (Å²) >= 11 is 0. The Labute approximate surface area is 116 Å². The van der Waals surface area contributed by atoms with Crippen molar-refractivity contribution in [1.29, 1.82) is 0 Å². The fraction of sp³-hybridized carbons (Fsp3) is 0.357. The minimum Gasteiger partial charge on any atom is -0.394 e. The van der Waals surface area contributed by atoms with Crippen LogP contribution in [0.15, 0.2) is 30.3 Å². The van der Waals surface area contributed by atoms with Crippen molar-refractivity contribution in [2.45, 2.75) is 18.9 Å². The van der Waals surface area contributed by atoms with Gasteiger partial charge in [0.1, 0.15) is 0 Å². The van der Waals surface area contributed by atoms with Crippen LogP contribution in [-0.4, -0.2) is 40.0 Å². The number of carbonyl (C=O) groups is 1. The number of rotatable bonds is 4. The summed E-state index contributed by atoms with van der Waals surface area (Å²) in [7, 11) is 0. The summed E-state index contributed by atoms with van der Waals surface area (Å²) in [5.74, 6) is -0.139. The van der Waals surface area contributed by atoms with Crippen molar-refractivity contribution < 1.29 is 14.8 Å². The van der Waals surface area contributed by atoms with Gasteiger partial charge in [0.25, 0.3) is 5.69 Å². The second-order valence-electron chi connectivity index (χ2n) is 4.69. The van der Waals surface area contributed by atoms with E-state index in [1.54, 1.807) is 23.1 Å². The molecule has 1 aromatic carbocycles. The molecule has 106 valence electrons. The fourth-order valence-electron chi connectivity index (χ4n) is 2.29. The molecule has 0 unspecified atom stereocenters. The van der Waals surface area contributed by atoms with Gasteiger partial charge in [-0.1, -0.05) is 0 Å². The smallest absolute Gasteiger partial charge is 0.269 e. The number of aliphatic hydroxyl groups is 1. The number of amides is 1. The summed E-state index contributed by atoms with van der Waals surface area (Å²) in [5.41, 5.74) is 0.747. The lowest BCUT2D eigenvalue weighted by molar-refractivity contribution is -0.384. The van der Waals surface area contributed by atoms with E-state index >= 15 is 0 Å². The summed E-state index contributed by atoms with van der Waals surface area (Å²) in [5, 5.41) is 19.7. The number of carbonyl (C=O) groups excluding carboxylic acids is 1. The minimum atomic E-state index is -0.464. The largest absolute Gasteiger partial charge is 0.394 e. The molecular weight excluding hydrogens is 260 g/mol. The maximum atomic E-state index is 12.0. The van der Waals surface area contributed by atoms with Crippen LogP contribution < -0.4 is 0 Å². The normalized spacial score (nSPS) is 18.6. The first-order valence-electron chi connectivity index (χ1n) is 6.46. The van der Waals surface area contributed by atoms with Crippen molar-refractivity contribution in [2.24, 2.45) is 0 Å². The van der Waals surface area contributed by atoms with Gasteiger partial charge in [0.2, 0.25) is 5.91 Å². The summed E-state index contributed by atoms with van der Waals surface area (Å²) in [6.07, 6.45) is 4.80. The van der Waals surface area contributed by atoms with E-state index in [2.05, 4.69) is 0 Å². The van der Waals surface area contributed by atoms with E-state index in [4.69, 9.17) is 0 Å².